The van der Waals surface area contributed by atoms with Gasteiger partial charge in [0.05, 0.1) is 5.69 Å². The molecule has 1 rings (SSSR count). The van der Waals surface area contributed by atoms with Crippen molar-refractivity contribution in [3.8, 4) is 0 Å². The number of aromatic carboxylic acids is 1. The maximum absolute atomic E-state index is 13.6. The number of carboxylic acid groups (broad SMARTS) is 1. The first-order valence-corrected chi connectivity index (χ1v) is 5.91. The smallest absolute Gasteiger partial charge is 0.340 e. The normalized spacial score (nSPS) is 13.2. The third-order valence-electron chi connectivity index (χ3n) is 3.42. The minimum Gasteiger partial charge on any atom is -0.478 e. The first-order valence-electron chi connectivity index (χ1n) is 5.91. The van der Waals surface area contributed by atoms with E-state index in [1.165, 1.54) is 12.1 Å². The van der Waals surface area contributed by atoms with Crippen LogP contribution in [0.3, 0.4) is 0 Å². The average Bonchev–Trinajstić information content (AvgIpc) is 2.24. The van der Waals surface area contributed by atoms with E-state index in [2.05, 4.69) is 20.8 Å². The maximum Gasteiger partial charge on any atom is 0.340 e. The van der Waals surface area contributed by atoms with Crippen molar-refractivity contribution < 1.29 is 14.3 Å². The molecule has 0 aromatic heterocycles. The topological polar surface area (TPSA) is 40.5 Å². The van der Waals surface area contributed by atoms with E-state index >= 15 is 0 Å². The molecule has 0 amide bonds. The molecule has 3 nitrogen and oxygen atoms in total. The lowest BCUT2D eigenvalue weighted by atomic mass is 9.86. The minimum absolute atomic E-state index is 0.0309. The Morgan fingerprint density at radius 1 is 1.39 bits per heavy atom. The Morgan fingerprint density at radius 2 is 1.94 bits per heavy atom. The zero-order valence-corrected chi connectivity index (χ0v) is 11.5. The van der Waals surface area contributed by atoms with Gasteiger partial charge in [0.25, 0.3) is 0 Å². The van der Waals surface area contributed by atoms with Crippen LogP contribution in [0.2, 0.25) is 0 Å². The average molecular weight is 253 g/mol. The molecule has 4 heteroatoms. The molecule has 100 valence electrons. The summed E-state index contributed by atoms with van der Waals surface area (Å²) in [6.45, 7) is 8.19. The van der Waals surface area contributed by atoms with E-state index < -0.39 is 11.8 Å². The fourth-order valence-electron chi connectivity index (χ4n) is 1.81. The zero-order valence-electron chi connectivity index (χ0n) is 11.5. The molecule has 0 bridgehead atoms. The van der Waals surface area contributed by atoms with Gasteiger partial charge in [-0.1, -0.05) is 26.8 Å². The van der Waals surface area contributed by atoms with Crippen LogP contribution in [0.4, 0.5) is 10.1 Å². The van der Waals surface area contributed by atoms with Gasteiger partial charge in [-0.15, -0.1) is 0 Å². The predicted octanol–water partition coefficient (Wildman–Crippen LogP) is 3.39. The Labute approximate surface area is 107 Å². The summed E-state index contributed by atoms with van der Waals surface area (Å²) in [5.74, 6) is -1.94. The lowest BCUT2D eigenvalue weighted by Gasteiger charge is -2.37. The number of rotatable bonds is 3. The van der Waals surface area contributed by atoms with Gasteiger partial charge in [0.2, 0.25) is 0 Å². The molecule has 1 unspecified atom stereocenters. The Bertz CT molecular complexity index is 452. The lowest BCUT2D eigenvalue weighted by molar-refractivity contribution is 0.0692. The quantitative estimate of drug-likeness (QED) is 0.897. The van der Waals surface area contributed by atoms with Crippen LogP contribution in [-0.4, -0.2) is 24.2 Å². The number of halogens is 1. The molecule has 0 spiro atoms. The summed E-state index contributed by atoms with van der Waals surface area (Å²) in [6, 6.07) is 4.41. The summed E-state index contributed by atoms with van der Waals surface area (Å²) in [7, 11) is 1.79. The van der Waals surface area contributed by atoms with Crippen molar-refractivity contribution in [3.63, 3.8) is 0 Å². The Kier molecular flexibility index (Phi) is 3.99. The van der Waals surface area contributed by atoms with Crippen molar-refractivity contribution in [2.75, 3.05) is 11.9 Å². The molecule has 0 aliphatic rings. The predicted molar refractivity (Wildman–Crippen MR) is 70.7 cm³/mol. The number of hydrogen-bond donors (Lipinski definition) is 1. The molecule has 18 heavy (non-hydrogen) atoms. The van der Waals surface area contributed by atoms with Gasteiger partial charge in [-0.05, 0) is 24.5 Å². The minimum atomic E-state index is -1.24. The first-order chi connectivity index (χ1) is 8.16. The molecule has 0 aliphatic heterocycles. The number of hydrogen-bond acceptors (Lipinski definition) is 2. The highest BCUT2D eigenvalue weighted by atomic mass is 19.1. The van der Waals surface area contributed by atoms with E-state index in [1.54, 1.807) is 13.1 Å². The van der Waals surface area contributed by atoms with Crippen LogP contribution < -0.4 is 4.90 Å². The molecule has 0 radical (unpaired) electrons. The van der Waals surface area contributed by atoms with Gasteiger partial charge >= 0.3 is 5.97 Å². The van der Waals surface area contributed by atoms with Crippen molar-refractivity contribution >= 4 is 11.7 Å². The molecule has 0 saturated carbocycles. The van der Waals surface area contributed by atoms with E-state index in [0.717, 1.165) is 0 Å². The first kappa shape index (κ1) is 14.5. The number of carbonyl (C=O) groups is 1. The zero-order chi connectivity index (χ0) is 14.1. The second-order valence-electron chi connectivity index (χ2n) is 5.59. The van der Waals surface area contributed by atoms with Gasteiger partial charge in [0, 0.05) is 13.1 Å². The van der Waals surface area contributed by atoms with Gasteiger partial charge in [0.15, 0.2) is 0 Å². The SMILES string of the molecule is CC(N(C)c1cccc(F)c1C(=O)O)C(C)(C)C. The standard InChI is InChI=1S/C14H20FNO2/c1-9(14(2,3)4)16(5)11-8-6-7-10(15)12(11)13(17)18/h6-9H,1-5H3,(H,17,18). The Balaban J connectivity index is 3.26. The van der Waals surface area contributed by atoms with Crippen LogP contribution in [0.25, 0.3) is 0 Å². The number of carboxylic acids is 1. The number of nitrogens with zero attached hydrogens (tertiary/aromatic N) is 1. The maximum atomic E-state index is 13.6. The van der Waals surface area contributed by atoms with Crippen LogP contribution in [0.1, 0.15) is 38.1 Å². The molecule has 1 aromatic carbocycles. The van der Waals surface area contributed by atoms with Crippen LogP contribution in [0.5, 0.6) is 0 Å². The summed E-state index contributed by atoms with van der Waals surface area (Å²) >= 11 is 0. The molecule has 0 aliphatic carbocycles. The highest BCUT2D eigenvalue weighted by Crippen LogP contribution is 2.30. The highest BCUT2D eigenvalue weighted by molar-refractivity contribution is 5.94. The van der Waals surface area contributed by atoms with E-state index in [1.807, 2.05) is 11.8 Å². The van der Waals surface area contributed by atoms with Gasteiger partial charge < -0.3 is 10.0 Å². The highest BCUT2D eigenvalue weighted by Gasteiger charge is 2.27. The molecule has 1 N–H and O–H groups in total. The molecule has 0 heterocycles. The van der Waals surface area contributed by atoms with E-state index in [-0.39, 0.29) is 17.0 Å². The van der Waals surface area contributed by atoms with Crippen molar-refractivity contribution in [3.05, 3.63) is 29.6 Å². The molecule has 1 aromatic rings. The second-order valence-corrected chi connectivity index (χ2v) is 5.59. The van der Waals surface area contributed by atoms with Crippen molar-refractivity contribution in [1.29, 1.82) is 0 Å². The monoisotopic (exact) mass is 253 g/mol. The third kappa shape index (κ3) is 2.81. The fraction of sp³-hybridized carbons (Fsp3) is 0.500. The van der Waals surface area contributed by atoms with E-state index in [9.17, 15) is 9.18 Å². The summed E-state index contributed by atoms with van der Waals surface area (Å²) in [4.78, 5) is 13.0. The van der Waals surface area contributed by atoms with Crippen molar-refractivity contribution in [2.24, 2.45) is 5.41 Å². The van der Waals surface area contributed by atoms with Gasteiger partial charge in [-0.2, -0.15) is 0 Å². The molecular weight excluding hydrogens is 233 g/mol. The van der Waals surface area contributed by atoms with Gasteiger partial charge in [-0.3, -0.25) is 0 Å². The van der Waals surface area contributed by atoms with Gasteiger partial charge in [0.1, 0.15) is 11.4 Å². The van der Waals surface area contributed by atoms with E-state index in [4.69, 9.17) is 5.11 Å². The van der Waals surface area contributed by atoms with Gasteiger partial charge in [-0.25, -0.2) is 9.18 Å². The van der Waals surface area contributed by atoms with E-state index in [0.29, 0.717) is 5.69 Å². The van der Waals surface area contributed by atoms with Crippen LogP contribution in [0.15, 0.2) is 18.2 Å². The molecule has 0 saturated heterocycles. The van der Waals surface area contributed by atoms with Crippen LogP contribution in [-0.2, 0) is 0 Å². The van der Waals surface area contributed by atoms with Crippen molar-refractivity contribution in [1.82, 2.24) is 0 Å². The second kappa shape index (κ2) is 4.96. The summed E-state index contributed by atoms with van der Waals surface area (Å²) in [5.41, 5.74) is 0.109. The largest absolute Gasteiger partial charge is 0.478 e. The summed E-state index contributed by atoms with van der Waals surface area (Å²) < 4.78 is 13.6. The molecule has 1 atom stereocenters. The fourth-order valence-corrected chi connectivity index (χ4v) is 1.81. The van der Waals surface area contributed by atoms with Crippen molar-refractivity contribution in [2.45, 2.75) is 33.7 Å². The number of anilines is 1. The molecule has 0 fully saturated rings. The lowest BCUT2D eigenvalue weighted by Crippen LogP contribution is -2.40. The van der Waals surface area contributed by atoms with Crippen LogP contribution in [0, 0.1) is 11.2 Å². The Hall–Kier alpha value is -1.58. The molecular formula is C14H20FNO2. The number of benzene rings is 1. The summed E-state index contributed by atoms with van der Waals surface area (Å²) in [5, 5.41) is 9.11. The van der Waals surface area contributed by atoms with Crippen LogP contribution >= 0.6 is 0 Å². The summed E-state index contributed by atoms with van der Waals surface area (Å²) in [6.07, 6.45) is 0. The Morgan fingerprint density at radius 3 is 2.39 bits per heavy atom. The third-order valence-corrected chi connectivity index (χ3v) is 3.42.